The fourth-order valence-corrected chi connectivity index (χ4v) is 5.99. The highest BCUT2D eigenvalue weighted by molar-refractivity contribution is 5.96. The molecule has 0 aromatic heterocycles. The molecule has 2 rings (SSSR count). The van der Waals surface area contributed by atoms with Crippen LogP contribution in [0.5, 0.6) is 5.75 Å². The molecular weight excluding hydrogens is 758 g/mol. The van der Waals surface area contributed by atoms with Crippen LogP contribution in [-0.2, 0) is 44.8 Å². The predicted octanol–water partition coefficient (Wildman–Crippen LogP) is -2.48. The number of hydrogen-bond acceptors (Lipinski definition) is 12. The average molecular weight is 820 g/mol. The Kier molecular flexibility index (Phi) is 21.1. The number of aliphatic carboxylic acids is 1. The Morgan fingerprint density at radius 3 is 2.12 bits per heavy atom. The summed E-state index contributed by atoms with van der Waals surface area (Å²) in [5.41, 5.74) is 12.5. The van der Waals surface area contributed by atoms with Crippen LogP contribution in [-0.4, -0.2) is 125 Å². The maximum atomic E-state index is 13.9. The van der Waals surface area contributed by atoms with Crippen LogP contribution in [0.25, 0.3) is 0 Å². The molecule has 0 radical (unpaired) electrons. The Bertz CT molecular complexity index is 1560. The van der Waals surface area contributed by atoms with Gasteiger partial charge in [0.2, 0.25) is 41.4 Å². The molecular formula is C38H61N9O11. The van der Waals surface area contributed by atoms with E-state index in [1.165, 1.54) is 19.1 Å². The maximum Gasteiger partial charge on any atom is 0.326 e. The van der Waals surface area contributed by atoms with Crippen molar-refractivity contribution < 1.29 is 53.7 Å². The number of carbonyl (C=O) groups excluding carboxylic acids is 7. The molecule has 1 aromatic rings. The van der Waals surface area contributed by atoms with E-state index in [1.54, 1.807) is 26.0 Å². The number of carboxylic acids is 1. The Morgan fingerprint density at radius 1 is 0.845 bits per heavy atom. The lowest BCUT2D eigenvalue weighted by Gasteiger charge is -2.28. The summed E-state index contributed by atoms with van der Waals surface area (Å²) in [7, 11) is 0. The summed E-state index contributed by atoms with van der Waals surface area (Å²) in [6.45, 7) is 4.83. The molecule has 20 heteroatoms. The number of carboxylic acid groups (broad SMARTS) is 1. The smallest absolute Gasteiger partial charge is 0.326 e. The van der Waals surface area contributed by atoms with Gasteiger partial charge in [-0.3, -0.25) is 33.6 Å². The average Bonchev–Trinajstić information content (AvgIpc) is 3.16. The van der Waals surface area contributed by atoms with Gasteiger partial charge < -0.3 is 64.0 Å². The van der Waals surface area contributed by atoms with E-state index >= 15 is 0 Å². The van der Waals surface area contributed by atoms with Gasteiger partial charge in [-0.15, -0.1) is 0 Å². The number of hydrogen-bond donors (Lipinski definition) is 12. The quantitative estimate of drug-likeness (QED) is 0.0817. The van der Waals surface area contributed by atoms with Gasteiger partial charge in [0.05, 0.1) is 12.1 Å². The third kappa shape index (κ3) is 17.4. The van der Waals surface area contributed by atoms with E-state index in [1.807, 2.05) is 0 Å². The fourth-order valence-electron chi connectivity index (χ4n) is 5.99. The van der Waals surface area contributed by atoms with Crippen molar-refractivity contribution in [3.63, 3.8) is 0 Å². The number of phenols is 1. The number of benzene rings is 1. The number of aliphatic hydroxyl groups excluding tert-OH is 1. The third-order valence-corrected chi connectivity index (χ3v) is 9.44. The summed E-state index contributed by atoms with van der Waals surface area (Å²) >= 11 is 0. The van der Waals surface area contributed by atoms with Crippen LogP contribution in [0.4, 0.5) is 0 Å². The first-order valence-corrected chi connectivity index (χ1v) is 19.6. The zero-order chi connectivity index (χ0) is 43.4. The Hall–Kier alpha value is -5.34. The number of aliphatic hydroxyl groups is 1. The second kappa shape index (κ2) is 25.1. The first-order valence-electron chi connectivity index (χ1n) is 19.6. The van der Waals surface area contributed by atoms with Crippen molar-refractivity contribution in [2.45, 2.75) is 127 Å². The van der Waals surface area contributed by atoms with Crippen molar-refractivity contribution in [3.8, 4) is 5.75 Å². The number of amides is 7. The van der Waals surface area contributed by atoms with E-state index in [2.05, 4.69) is 37.2 Å². The number of rotatable bonds is 15. The van der Waals surface area contributed by atoms with Crippen LogP contribution in [0.1, 0.15) is 84.1 Å². The van der Waals surface area contributed by atoms with E-state index < -0.39 is 89.7 Å². The van der Waals surface area contributed by atoms with Gasteiger partial charge in [0.15, 0.2) is 0 Å². The minimum Gasteiger partial charge on any atom is -0.508 e. The minimum atomic E-state index is -1.68. The monoisotopic (exact) mass is 819 g/mol. The zero-order valence-electron chi connectivity index (χ0n) is 33.4. The van der Waals surface area contributed by atoms with Crippen LogP contribution in [0.3, 0.4) is 0 Å². The molecule has 1 fully saturated rings. The molecule has 7 amide bonds. The second-order valence-corrected chi connectivity index (χ2v) is 14.7. The van der Waals surface area contributed by atoms with E-state index in [-0.39, 0.29) is 69.7 Å². The summed E-state index contributed by atoms with van der Waals surface area (Å²) in [6.07, 6.45) is -0.387. The molecule has 1 aromatic carbocycles. The summed E-state index contributed by atoms with van der Waals surface area (Å²) in [5, 5.41) is 47.7. The lowest BCUT2D eigenvalue weighted by atomic mass is 10.0. The summed E-state index contributed by atoms with van der Waals surface area (Å²) in [4.78, 5) is 105. The Labute approximate surface area is 337 Å². The highest BCUT2D eigenvalue weighted by Crippen LogP contribution is 2.12. The zero-order valence-corrected chi connectivity index (χ0v) is 33.4. The SMILES string of the molecule is CC(C)[C@H](NC(=O)[C@@H]1CCC(=O)NCCC(=O)NCCCC[C@H](NC(=O)[C@H](CCCCN)NC(=O)[C@@H](N)Cc2ccc(O)cc2)C(=O)NC([C@H](C)O)C(=O)N1)C(=O)O. The first-order chi connectivity index (χ1) is 27.4. The maximum absolute atomic E-state index is 13.9. The van der Waals surface area contributed by atoms with Gasteiger partial charge in [0.1, 0.15) is 36.0 Å². The van der Waals surface area contributed by atoms with Crippen molar-refractivity contribution in [3.05, 3.63) is 29.8 Å². The largest absolute Gasteiger partial charge is 0.508 e. The summed E-state index contributed by atoms with van der Waals surface area (Å²) in [5.74, 6) is -7.00. The molecule has 1 aliphatic rings. The number of nitrogens with two attached hydrogens (primary N) is 2. The molecule has 1 heterocycles. The molecule has 1 saturated heterocycles. The van der Waals surface area contributed by atoms with Gasteiger partial charge in [-0.1, -0.05) is 26.0 Å². The van der Waals surface area contributed by atoms with Gasteiger partial charge in [-0.2, -0.15) is 0 Å². The van der Waals surface area contributed by atoms with Crippen molar-refractivity contribution in [2.24, 2.45) is 17.4 Å². The van der Waals surface area contributed by atoms with Gasteiger partial charge in [0, 0.05) is 25.9 Å². The van der Waals surface area contributed by atoms with Gasteiger partial charge in [0.25, 0.3) is 0 Å². The van der Waals surface area contributed by atoms with Gasteiger partial charge >= 0.3 is 5.97 Å². The van der Waals surface area contributed by atoms with E-state index in [9.17, 15) is 53.7 Å². The minimum absolute atomic E-state index is 0.00169. The summed E-state index contributed by atoms with van der Waals surface area (Å²) < 4.78 is 0. The second-order valence-electron chi connectivity index (χ2n) is 14.7. The number of carbonyl (C=O) groups is 8. The van der Waals surface area contributed by atoms with Crippen LogP contribution < -0.4 is 48.7 Å². The molecule has 0 bridgehead atoms. The summed E-state index contributed by atoms with van der Waals surface area (Å²) in [6, 6.07) is -1.95. The van der Waals surface area contributed by atoms with Gasteiger partial charge in [-0.25, -0.2) is 4.79 Å². The predicted molar refractivity (Wildman–Crippen MR) is 210 cm³/mol. The lowest BCUT2D eigenvalue weighted by Crippen LogP contribution is -2.61. The van der Waals surface area contributed by atoms with E-state index in [0.29, 0.717) is 31.4 Å². The molecule has 1 unspecified atom stereocenters. The van der Waals surface area contributed by atoms with Crippen LogP contribution >= 0.6 is 0 Å². The van der Waals surface area contributed by atoms with Gasteiger partial charge in [-0.05, 0) is 88.4 Å². The molecule has 14 N–H and O–H groups in total. The number of phenolic OH excluding ortho intramolecular Hbond substituents is 1. The van der Waals surface area contributed by atoms with Crippen molar-refractivity contribution in [1.29, 1.82) is 0 Å². The topological polar surface area (TPSA) is 334 Å². The molecule has 0 aliphatic carbocycles. The lowest BCUT2D eigenvalue weighted by molar-refractivity contribution is -0.144. The number of nitrogens with one attached hydrogen (secondary N) is 7. The molecule has 0 spiro atoms. The molecule has 20 nitrogen and oxygen atoms in total. The van der Waals surface area contributed by atoms with Crippen LogP contribution in [0, 0.1) is 5.92 Å². The standard InChI is InChI=1S/C38H61N9O11/c1-21(2)31(38(57)58)46-36(55)28-14-15-29(50)42-19-16-30(51)41-18-7-5-9-27(35(54)47-32(22(3)48)37(56)45-28)44-34(53)26(8-4-6-17-39)43-33(52)25(40)20-23-10-12-24(49)13-11-23/h10-13,21-22,25-28,31-32,48-49H,4-9,14-20,39-40H2,1-3H3,(H,41,51)(H,42,50)(H,43,52)(H,44,53)(H,45,56)(H,46,55)(H,47,54)(H,57,58)/t22-,25-,26-,27-,28-,31-,32?/m0/s1. The molecule has 0 saturated carbocycles. The van der Waals surface area contributed by atoms with Crippen molar-refractivity contribution in [2.75, 3.05) is 19.6 Å². The molecule has 324 valence electrons. The van der Waals surface area contributed by atoms with Crippen molar-refractivity contribution in [1.82, 2.24) is 37.2 Å². The van der Waals surface area contributed by atoms with E-state index in [0.717, 1.165) is 0 Å². The fraction of sp³-hybridized carbons (Fsp3) is 0.632. The highest BCUT2D eigenvalue weighted by Gasteiger charge is 2.35. The molecule has 1 aliphatic heterocycles. The number of aromatic hydroxyl groups is 1. The highest BCUT2D eigenvalue weighted by atomic mass is 16.4. The van der Waals surface area contributed by atoms with Crippen LogP contribution in [0.2, 0.25) is 0 Å². The Balaban J connectivity index is 2.38. The first kappa shape index (κ1) is 48.8. The number of unbranched alkanes of at least 4 members (excludes halogenated alkanes) is 1. The normalized spacial score (nSPS) is 21.2. The molecule has 58 heavy (non-hydrogen) atoms. The van der Waals surface area contributed by atoms with E-state index in [4.69, 9.17) is 11.5 Å². The van der Waals surface area contributed by atoms with Crippen molar-refractivity contribution >= 4 is 47.3 Å². The Morgan fingerprint density at radius 2 is 1.50 bits per heavy atom. The van der Waals surface area contributed by atoms with Crippen LogP contribution in [0.15, 0.2) is 24.3 Å². The molecule has 7 atom stereocenters. The third-order valence-electron chi connectivity index (χ3n) is 9.44.